The Morgan fingerprint density at radius 1 is 0.308 bits per heavy atom. The van der Waals surface area contributed by atoms with Gasteiger partial charge in [-0.2, -0.15) is 0 Å². The minimum Gasteiger partial charge on any atom is -0.303 e. The van der Waals surface area contributed by atoms with Crippen LogP contribution in [-0.2, 0) is 0 Å². The lowest BCUT2D eigenvalue weighted by Crippen LogP contribution is -2.26. The summed E-state index contributed by atoms with van der Waals surface area (Å²) < 4.78 is 0. The molecule has 0 bridgehead atoms. The number of hydrogen-bond donors (Lipinski definition) is 0. The smallest absolute Gasteiger partial charge is 0.00187 e. The zero-order valence-corrected chi connectivity index (χ0v) is 19.0. The fraction of sp³-hybridized carbons (Fsp3) is 1.00. The molecule has 0 aromatic carbocycles. The predicted molar refractivity (Wildman–Crippen MR) is 121 cm³/mol. The Labute approximate surface area is 167 Å². The molecule has 0 aliphatic carbocycles. The van der Waals surface area contributed by atoms with E-state index in [1.807, 2.05) is 0 Å². The summed E-state index contributed by atoms with van der Waals surface area (Å²) in [5.41, 5.74) is 0. The van der Waals surface area contributed by atoms with Gasteiger partial charge in [0.2, 0.25) is 0 Å². The molecule has 1 nitrogen and oxygen atoms in total. The third-order valence-electron chi connectivity index (χ3n) is 5.70. The average Bonchev–Trinajstić information content (AvgIpc) is 2.65. The fourth-order valence-corrected chi connectivity index (χ4v) is 3.92. The van der Waals surface area contributed by atoms with Gasteiger partial charge < -0.3 is 4.90 Å². The molecule has 0 saturated carbocycles. The minimum absolute atomic E-state index is 1.30. The predicted octanol–water partition coefficient (Wildman–Crippen LogP) is 8.76. The Balaban J connectivity index is 3.18. The largest absolute Gasteiger partial charge is 0.303 e. The van der Waals surface area contributed by atoms with Crippen molar-refractivity contribution in [2.24, 2.45) is 0 Å². The maximum Gasteiger partial charge on any atom is -0.00187 e. The van der Waals surface area contributed by atoms with E-state index in [1.165, 1.54) is 142 Å². The van der Waals surface area contributed by atoms with E-state index in [4.69, 9.17) is 0 Å². The molecular formula is C25H53N. The van der Waals surface area contributed by atoms with Crippen molar-refractivity contribution < 1.29 is 0 Å². The zero-order chi connectivity index (χ0) is 19.1. The first kappa shape index (κ1) is 26.0. The molecule has 158 valence electrons. The molecular weight excluding hydrogens is 314 g/mol. The van der Waals surface area contributed by atoms with Gasteiger partial charge in [0.05, 0.1) is 0 Å². The van der Waals surface area contributed by atoms with E-state index in [9.17, 15) is 0 Å². The Hall–Kier alpha value is -0.0400. The van der Waals surface area contributed by atoms with Crippen molar-refractivity contribution in [3.05, 3.63) is 0 Å². The van der Waals surface area contributed by atoms with Crippen molar-refractivity contribution in [2.45, 2.75) is 143 Å². The van der Waals surface area contributed by atoms with Crippen LogP contribution < -0.4 is 0 Å². The second-order valence-corrected chi connectivity index (χ2v) is 8.50. The van der Waals surface area contributed by atoms with Crippen LogP contribution in [0, 0.1) is 0 Å². The third-order valence-corrected chi connectivity index (χ3v) is 5.70. The molecule has 0 fully saturated rings. The fourth-order valence-electron chi connectivity index (χ4n) is 3.92. The van der Waals surface area contributed by atoms with Gasteiger partial charge in [-0.1, -0.05) is 124 Å². The number of hydrogen-bond acceptors (Lipinski definition) is 1. The standard InChI is InChI=1S/C25H53N/c1-4-7-9-10-11-12-13-14-15-16-17-18-19-20-21-22-25-26(23-6-3)24-8-5-2/h4-25H2,1-3H3. The summed E-state index contributed by atoms with van der Waals surface area (Å²) in [6.07, 6.45) is 27.4. The lowest BCUT2D eigenvalue weighted by molar-refractivity contribution is 0.263. The third kappa shape index (κ3) is 20.3. The normalized spacial score (nSPS) is 11.5. The highest BCUT2D eigenvalue weighted by Crippen LogP contribution is 2.14. The van der Waals surface area contributed by atoms with Gasteiger partial charge in [0.25, 0.3) is 0 Å². The van der Waals surface area contributed by atoms with Gasteiger partial charge in [-0.25, -0.2) is 0 Å². The highest BCUT2D eigenvalue weighted by molar-refractivity contribution is 4.58. The first-order valence-electron chi connectivity index (χ1n) is 12.6. The maximum atomic E-state index is 2.69. The van der Waals surface area contributed by atoms with Crippen molar-refractivity contribution in [3.63, 3.8) is 0 Å². The van der Waals surface area contributed by atoms with Crippen molar-refractivity contribution in [3.8, 4) is 0 Å². The average molecular weight is 368 g/mol. The first-order valence-corrected chi connectivity index (χ1v) is 12.6. The molecule has 0 N–H and O–H groups in total. The lowest BCUT2D eigenvalue weighted by atomic mass is 10.0. The molecule has 0 radical (unpaired) electrons. The molecule has 0 aliphatic rings. The van der Waals surface area contributed by atoms with Crippen molar-refractivity contribution >= 4 is 0 Å². The highest BCUT2D eigenvalue weighted by Gasteiger charge is 2.02. The van der Waals surface area contributed by atoms with E-state index in [-0.39, 0.29) is 0 Å². The molecule has 0 aromatic heterocycles. The molecule has 0 spiro atoms. The quantitative estimate of drug-likeness (QED) is 0.173. The SMILES string of the molecule is CCCCCCCCCCCCCCCCCCN(CCC)CCCC. The molecule has 0 atom stereocenters. The summed E-state index contributed by atoms with van der Waals surface area (Å²) in [5, 5.41) is 0. The molecule has 0 aromatic rings. The van der Waals surface area contributed by atoms with E-state index in [0.717, 1.165) is 0 Å². The summed E-state index contributed by atoms with van der Waals surface area (Å²) in [6, 6.07) is 0. The van der Waals surface area contributed by atoms with Gasteiger partial charge in [-0.3, -0.25) is 0 Å². The molecule has 0 amide bonds. The van der Waals surface area contributed by atoms with Crippen LogP contribution in [0.5, 0.6) is 0 Å². The molecule has 1 heteroatoms. The van der Waals surface area contributed by atoms with Gasteiger partial charge >= 0.3 is 0 Å². The topological polar surface area (TPSA) is 3.24 Å². The van der Waals surface area contributed by atoms with Crippen LogP contribution in [-0.4, -0.2) is 24.5 Å². The van der Waals surface area contributed by atoms with E-state index in [0.29, 0.717) is 0 Å². The van der Waals surface area contributed by atoms with Gasteiger partial charge in [0.1, 0.15) is 0 Å². The van der Waals surface area contributed by atoms with E-state index in [1.54, 1.807) is 0 Å². The van der Waals surface area contributed by atoms with Crippen molar-refractivity contribution in [1.82, 2.24) is 4.90 Å². The van der Waals surface area contributed by atoms with Crippen LogP contribution >= 0.6 is 0 Å². The van der Waals surface area contributed by atoms with Gasteiger partial charge in [-0.05, 0) is 38.9 Å². The zero-order valence-electron chi connectivity index (χ0n) is 19.0. The number of rotatable bonds is 22. The summed E-state index contributed by atoms with van der Waals surface area (Å²) >= 11 is 0. The molecule has 26 heavy (non-hydrogen) atoms. The Morgan fingerprint density at radius 3 is 1.04 bits per heavy atom. The van der Waals surface area contributed by atoms with Gasteiger partial charge in [-0.15, -0.1) is 0 Å². The molecule has 0 unspecified atom stereocenters. The Bertz CT molecular complexity index is 238. The summed E-state index contributed by atoms with van der Waals surface area (Å²) in [4.78, 5) is 2.69. The van der Waals surface area contributed by atoms with Crippen LogP contribution in [0.1, 0.15) is 143 Å². The maximum absolute atomic E-state index is 2.69. The molecule has 0 aliphatic heterocycles. The van der Waals surface area contributed by atoms with Crippen LogP contribution in [0.2, 0.25) is 0 Å². The van der Waals surface area contributed by atoms with Crippen LogP contribution in [0.25, 0.3) is 0 Å². The van der Waals surface area contributed by atoms with Crippen molar-refractivity contribution in [1.29, 1.82) is 0 Å². The highest BCUT2D eigenvalue weighted by atomic mass is 15.1. The molecule has 0 saturated heterocycles. The number of nitrogens with zero attached hydrogens (tertiary/aromatic N) is 1. The second-order valence-electron chi connectivity index (χ2n) is 8.50. The van der Waals surface area contributed by atoms with Crippen LogP contribution in [0.15, 0.2) is 0 Å². The second kappa shape index (κ2) is 23.0. The first-order chi connectivity index (χ1) is 12.8. The monoisotopic (exact) mass is 367 g/mol. The van der Waals surface area contributed by atoms with Crippen molar-refractivity contribution in [2.75, 3.05) is 19.6 Å². The van der Waals surface area contributed by atoms with Crippen LogP contribution in [0.4, 0.5) is 0 Å². The van der Waals surface area contributed by atoms with E-state index in [2.05, 4.69) is 25.7 Å². The summed E-state index contributed by atoms with van der Waals surface area (Å²) in [6.45, 7) is 10.9. The van der Waals surface area contributed by atoms with Gasteiger partial charge in [0.15, 0.2) is 0 Å². The van der Waals surface area contributed by atoms with E-state index < -0.39 is 0 Å². The summed E-state index contributed by atoms with van der Waals surface area (Å²) in [7, 11) is 0. The Morgan fingerprint density at radius 2 is 0.654 bits per heavy atom. The summed E-state index contributed by atoms with van der Waals surface area (Å²) in [5.74, 6) is 0. The Kier molecular flexibility index (Phi) is 23.0. The molecule has 0 rings (SSSR count). The number of unbranched alkanes of at least 4 members (excludes halogenated alkanes) is 16. The van der Waals surface area contributed by atoms with E-state index >= 15 is 0 Å². The lowest BCUT2D eigenvalue weighted by Gasteiger charge is -2.21. The van der Waals surface area contributed by atoms with Gasteiger partial charge in [0, 0.05) is 0 Å². The van der Waals surface area contributed by atoms with Crippen LogP contribution in [0.3, 0.4) is 0 Å². The minimum atomic E-state index is 1.30. The molecule has 0 heterocycles.